The van der Waals surface area contributed by atoms with E-state index < -0.39 is 5.54 Å². The molecule has 0 atom stereocenters. The number of nitrogens with one attached hydrogen (secondary N) is 1. The standard InChI is InChI=1S/C13H20N4OS/c14-13(4-5-13)11(18)16-12-15-10(9-19-12)8-17-6-2-1-3-7-17/h9H,1-8,14H2,(H,15,16,18). The Hall–Kier alpha value is -0.980. The molecule has 6 heteroatoms. The van der Waals surface area contributed by atoms with E-state index in [-0.39, 0.29) is 5.91 Å². The minimum absolute atomic E-state index is 0.0913. The van der Waals surface area contributed by atoms with Crippen molar-refractivity contribution in [3.63, 3.8) is 0 Å². The summed E-state index contributed by atoms with van der Waals surface area (Å²) in [6.45, 7) is 3.20. The second kappa shape index (κ2) is 5.19. The van der Waals surface area contributed by atoms with Crippen molar-refractivity contribution >= 4 is 22.4 Å². The molecule has 1 aliphatic carbocycles. The van der Waals surface area contributed by atoms with E-state index in [1.807, 2.05) is 5.38 Å². The smallest absolute Gasteiger partial charge is 0.246 e. The zero-order chi connectivity index (χ0) is 13.3. The molecule has 0 aromatic carbocycles. The van der Waals surface area contributed by atoms with Gasteiger partial charge in [0.05, 0.1) is 11.2 Å². The largest absolute Gasteiger partial charge is 0.317 e. The van der Waals surface area contributed by atoms with Crippen LogP contribution in [-0.2, 0) is 11.3 Å². The van der Waals surface area contributed by atoms with Crippen LogP contribution in [0.2, 0.25) is 0 Å². The van der Waals surface area contributed by atoms with Gasteiger partial charge in [-0.2, -0.15) is 0 Å². The number of piperidine rings is 1. The number of likely N-dealkylation sites (tertiary alicyclic amines) is 1. The van der Waals surface area contributed by atoms with Crippen LogP contribution in [0.1, 0.15) is 37.8 Å². The van der Waals surface area contributed by atoms with Gasteiger partial charge in [-0.3, -0.25) is 9.69 Å². The topological polar surface area (TPSA) is 71.2 Å². The molecule has 1 aliphatic heterocycles. The van der Waals surface area contributed by atoms with Crippen LogP contribution in [-0.4, -0.2) is 34.4 Å². The summed E-state index contributed by atoms with van der Waals surface area (Å²) in [7, 11) is 0. The summed E-state index contributed by atoms with van der Waals surface area (Å²) >= 11 is 1.49. The fraction of sp³-hybridized carbons (Fsp3) is 0.692. The number of thiazole rings is 1. The number of hydrogen-bond acceptors (Lipinski definition) is 5. The van der Waals surface area contributed by atoms with Crippen LogP contribution >= 0.6 is 11.3 Å². The summed E-state index contributed by atoms with van der Waals surface area (Å²) in [6, 6.07) is 0. The number of hydrogen-bond donors (Lipinski definition) is 2. The lowest BCUT2D eigenvalue weighted by molar-refractivity contribution is -0.118. The Balaban J connectivity index is 1.55. The van der Waals surface area contributed by atoms with Crippen LogP contribution in [0.3, 0.4) is 0 Å². The quantitative estimate of drug-likeness (QED) is 0.878. The average molecular weight is 280 g/mol. The lowest BCUT2D eigenvalue weighted by atomic mass is 10.1. The van der Waals surface area contributed by atoms with E-state index in [0.717, 1.165) is 38.2 Å². The summed E-state index contributed by atoms with van der Waals surface area (Å²) in [5.41, 5.74) is 6.27. The molecule has 1 amide bonds. The van der Waals surface area contributed by atoms with E-state index in [2.05, 4.69) is 15.2 Å². The maximum absolute atomic E-state index is 11.8. The third-order valence-electron chi connectivity index (χ3n) is 3.85. The molecule has 19 heavy (non-hydrogen) atoms. The molecule has 1 aromatic rings. The first-order valence-electron chi connectivity index (χ1n) is 6.93. The highest BCUT2D eigenvalue weighted by Gasteiger charge is 2.46. The van der Waals surface area contributed by atoms with Crippen molar-refractivity contribution in [1.82, 2.24) is 9.88 Å². The van der Waals surface area contributed by atoms with Gasteiger partial charge in [-0.05, 0) is 38.8 Å². The predicted octanol–water partition coefficient (Wildman–Crippen LogP) is 1.56. The van der Waals surface area contributed by atoms with Crippen molar-refractivity contribution in [3.8, 4) is 0 Å². The molecular weight excluding hydrogens is 260 g/mol. The zero-order valence-electron chi connectivity index (χ0n) is 11.0. The van der Waals surface area contributed by atoms with E-state index in [9.17, 15) is 4.79 Å². The summed E-state index contributed by atoms with van der Waals surface area (Å²) in [5, 5.41) is 5.53. The molecule has 2 aliphatic rings. The Labute approximate surface area is 117 Å². The number of amides is 1. The van der Waals surface area contributed by atoms with Gasteiger partial charge >= 0.3 is 0 Å². The highest BCUT2D eigenvalue weighted by Crippen LogP contribution is 2.33. The molecule has 104 valence electrons. The predicted molar refractivity (Wildman–Crippen MR) is 76.0 cm³/mol. The second-order valence-corrected chi connectivity index (χ2v) is 6.45. The Morgan fingerprint density at radius 2 is 2.16 bits per heavy atom. The SMILES string of the molecule is NC1(C(=O)Nc2nc(CN3CCCCC3)cs2)CC1. The molecule has 0 unspecified atom stereocenters. The van der Waals surface area contributed by atoms with Crippen molar-refractivity contribution in [1.29, 1.82) is 0 Å². The molecule has 2 fully saturated rings. The first kappa shape index (κ1) is 13.0. The normalized spacial score (nSPS) is 22.2. The van der Waals surface area contributed by atoms with Crippen LogP contribution in [0.15, 0.2) is 5.38 Å². The van der Waals surface area contributed by atoms with Gasteiger partial charge < -0.3 is 11.1 Å². The van der Waals surface area contributed by atoms with Gasteiger partial charge in [-0.1, -0.05) is 6.42 Å². The molecule has 0 bridgehead atoms. The number of carbonyl (C=O) groups excluding carboxylic acids is 1. The maximum Gasteiger partial charge on any atom is 0.246 e. The van der Waals surface area contributed by atoms with Crippen molar-refractivity contribution < 1.29 is 4.79 Å². The molecule has 0 radical (unpaired) electrons. The van der Waals surface area contributed by atoms with Crippen LogP contribution in [0, 0.1) is 0 Å². The summed E-state index contributed by atoms with van der Waals surface area (Å²) in [6.07, 6.45) is 5.47. The van der Waals surface area contributed by atoms with Crippen molar-refractivity contribution in [3.05, 3.63) is 11.1 Å². The number of nitrogens with zero attached hydrogens (tertiary/aromatic N) is 2. The highest BCUT2D eigenvalue weighted by molar-refractivity contribution is 7.13. The zero-order valence-corrected chi connectivity index (χ0v) is 11.8. The minimum atomic E-state index is -0.626. The Morgan fingerprint density at radius 3 is 2.84 bits per heavy atom. The van der Waals surface area contributed by atoms with Crippen LogP contribution in [0.5, 0.6) is 0 Å². The van der Waals surface area contributed by atoms with Crippen LogP contribution in [0.4, 0.5) is 5.13 Å². The van der Waals surface area contributed by atoms with E-state index in [1.54, 1.807) is 0 Å². The number of nitrogens with two attached hydrogens (primary N) is 1. The van der Waals surface area contributed by atoms with Gasteiger partial charge in [0.1, 0.15) is 0 Å². The van der Waals surface area contributed by atoms with E-state index in [1.165, 1.54) is 30.6 Å². The molecule has 1 aromatic heterocycles. The lowest BCUT2D eigenvalue weighted by Gasteiger charge is -2.25. The molecule has 2 heterocycles. The van der Waals surface area contributed by atoms with Gasteiger partial charge in [-0.15, -0.1) is 11.3 Å². The third kappa shape index (κ3) is 3.13. The van der Waals surface area contributed by atoms with Gasteiger partial charge in [-0.25, -0.2) is 4.98 Å². The number of anilines is 1. The molecule has 1 saturated heterocycles. The maximum atomic E-state index is 11.8. The first-order valence-corrected chi connectivity index (χ1v) is 7.81. The molecule has 0 spiro atoms. The van der Waals surface area contributed by atoms with Crippen molar-refractivity contribution in [2.24, 2.45) is 5.73 Å². The second-order valence-electron chi connectivity index (χ2n) is 5.59. The fourth-order valence-corrected chi connectivity index (χ4v) is 3.06. The number of rotatable bonds is 4. The Morgan fingerprint density at radius 1 is 1.42 bits per heavy atom. The molecule has 5 nitrogen and oxygen atoms in total. The van der Waals surface area contributed by atoms with E-state index >= 15 is 0 Å². The summed E-state index contributed by atoms with van der Waals surface area (Å²) in [4.78, 5) is 18.7. The lowest BCUT2D eigenvalue weighted by Crippen LogP contribution is -2.37. The van der Waals surface area contributed by atoms with Gasteiger partial charge in [0.25, 0.3) is 0 Å². The van der Waals surface area contributed by atoms with Crippen molar-refractivity contribution in [2.75, 3.05) is 18.4 Å². The van der Waals surface area contributed by atoms with E-state index in [4.69, 9.17) is 5.73 Å². The Kier molecular flexibility index (Phi) is 3.56. The first-order chi connectivity index (χ1) is 9.16. The number of carbonyl (C=O) groups is 1. The third-order valence-corrected chi connectivity index (χ3v) is 4.65. The van der Waals surface area contributed by atoms with Gasteiger partial charge in [0.15, 0.2) is 5.13 Å². The van der Waals surface area contributed by atoms with Crippen molar-refractivity contribution in [2.45, 2.75) is 44.2 Å². The van der Waals surface area contributed by atoms with Gasteiger partial charge in [0, 0.05) is 11.9 Å². The Bertz CT molecular complexity index is 463. The molecule has 1 saturated carbocycles. The summed E-state index contributed by atoms with van der Waals surface area (Å²) < 4.78 is 0. The van der Waals surface area contributed by atoms with E-state index in [0.29, 0.717) is 5.13 Å². The fourth-order valence-electron chi connectivity index (χ4n) is 2.37. The molecule has 3 rings (SSSR count). The molecular formula is C13H20N4OS. The minimum Gasteiger partial charge on any atom is -0.317 e. The summed E-state index contributed by atoms with van der Waals surface area (Å²) in [5.74, 6) is -0.0913. The van der Waals surface area contributed by atoms with Gasteiger partial charge in [0.2, 0.25) is 5.91 Å². The molecule has 3 N–H and O–H groups in total. The monoisotopic (exact) mass is 280 g/mol. The average Bonchev–Trinajstić information content (AvgIpc) is 3.02. The number of aromatic nitrogens is 1. The van der Waals surface area contributed by atoms with Crippen LogP contribution in [0.25, 0.3) is 0 Å². The highest BCUT2D eigenvalue weighted by atomic mass is 32.1. The van der Waals surface area contributed by atoms with Crippen LogP contribution < -0.4 is 11.1 Å².